The van der Waals surface area contributed by atoms with E-state index in [9.17, 15) is 0 Å². The van der Waals surface area contributed by atoms with Crippen LogP contribution in [0.15, 0.2) is 53.3 Å². The molecule has 0 aliphatic rings. The third-order valence-electron chi connectivity index (χ3n) is 2.84. The van der Waals surface area contributed by atoms with Gasteiger partial charge >= 0.3 is 0 Å². The van der Waals surface area contributed by atoms with Crippen LogP contribution < -0.4 is 11.3 Å². The summed E-state index contributed by atoms with van der Waals surface area (Å²) >= 11 is 3.48. The van der Waals surface area contributed by atoms with Gasteiger partial charge in [-0.25, -0.2) is 0 Å². The van der Waals surface area contributed by atoms with Crippen LogP contribution in [0.3, 0.4) is 0 Å². The van der Waals surface area contributed by atoms with Crippen molar-refractivity contribution in [2.24, 2.45) is 5.84 Å². The van der Waals surface area contributed by atoms with Crippen LogP contribution in [0, 0.1) is 0 Å². The van der Waals surface area contributed by atoms with Crippen LogP contribution in [0.2, 0.25) is 0 Å². The predicted octanol–water partition coefficient (Wildman–Crippen LogP) is 2.46. The summed E-state index contributed by atoms with van der Waals surface area (Å²) in [5.41, 5.74) is 5.39. The highest BCUT2D eigenvalue weighted by Crippen LogP contribution is 2.14. The maximum Gasteiger partial charge on any atom is 0.0291 e. The molecule has 0 radical (unpaired) electrons. The van der Waals surface area contributed by atoms with Crippen LogP contribution in [-0.4, -0.2) is 11.0 Å². The van der Waals surface area contributed by atoms with Gasteiger partial charge in [0.25, 0.3) is 0 Å². The molecule has 94 valence electrons. The van der Waals surface area contributed by atoms with Gasteiger partial charge in [-0.2, -0.15) is 0 Å². The molecule has 4 heteroatoms. The number of nitrogens with zero attached hydrogens (tertiary/aromatic N) is 1. The van der Waals surface area contributed by atoms with Crippen molar-refractivity contribution in [2.45, 2.75) is 18.9 Å². The molecule has 1 heterocycles. The Balaban J connectivity index is 2.01. The molecule has 0 bridgehead atoms. The summed E-state index contributed by atoms with van der Waals surface area (Å²) in [5.74, 6) is 5.63. The van der Waals surface area contributed by atoms with Crippen LogP contribution >= 0.6 is 15.9 Å². The quantitative estimate of drug-likeness (QED) is 0.659. The molecule has 18 heavy (non-hydrogen) atoms. The maximum atomic E-state index is 5.63. The number of nitrogens with two attached hydrogens (primary N) is 1. The fraction of sp³-hybridized carbons (Fsp3) is 0.214. The van der Waals surface area contributed by atoms with Crippen molar-refractivity contribution in [3.05, 3.63) is 64.4 Å². The van der Waals surface area contributed by atoms with Crippen molar-refractivity contribution in [3.8, 4) is 0 Å². The first-order valence-corrected chi connectivity index (χ1v) is 6.66. The normalized spacial score (nSPS) is 12.3. The highest BCUT2D eigenvalue weighted by Gasteiger charge is 2.09. The predicted molar refractivity (Wildman–Crippen MR) is 76.9 cm³/mol. The Morgan fingerprint density at radius 1 is 1.11 bits per heavy atom. The Morgan fingerprint density at radius 2 is 1.83 bits per heavy atom. The Hall–Kier alpha value is -1.23. The molecule has 0 saturated heterocycles. The first kappa shape index (κ1) is 13.2. The molecular weight excluding hydrogens is 290 g/mol. The molecule has 1 aromatic carbocycles. The molecule has 3 N–H and O–H groups in total. The van der Waals surface area contributed by atoms with Gasteiger partial charge in [-0.3, -0.25) is 16.3 Å². The fourth-order valence-electron chi connectivity index (χ4n) is 1.94. The molecule has 0 aliphatic heterocycles. The van der Waals surface area contributed by atoms with Crippen molar-refractivity contribution < 1.29 is 0 Å². The van der Waals surface area contributed by atoms with Crippen LogP contribution in [0.4, 0.5) is 0 Å². The summed E-state index contributed by atoms with van der Waals surface area (Å²) in [6.07, 6.45) is 5.41. The monoisotopic (exact) mass is 305 g/mol. The number of pyridine rings is 1. The van der Waals surface area contributed by atoms with Gasteiger partial charge in [-0.1, -0.05) is 28.1 Å². The van der Waals surface area contributed by atoms with E-state index in [2.05, 4.69) is 38.5 Å². The second-order valence-corrected chi connectivity index (χ2v) is 5.17. The lowest BCUT2D eigenvalue weighted by atomic mass is 10.0. The lowest BCUT2D eigenvalue weighted by molar-refractivity contribution is 0.522. The van der Waals surface area contributed by atoms with Crippen molar-refractivity contribution >= 4 is 15.9 Å². The summed E-state index contributed by atoms with van der Waals surface area (Å²) in [7, 11) is 0. The second-order valence-electron chi connectivity index (χ2n) is 4.26. The van der Waals surface area contributed by atoms with Crippen LogP contribution in [0.25, 0.3) is 0 Å². The van der Waals surface area contributed by atoms with E-state index in [1.807, 2.05) is 36.7 Å². The first-order valence-electron chi connectivity index (χ1n) is 5.87. The van der Waals surface area contributed by atoms with Crippen LogP contribution in [-0.2, 0) is 12.8 Å². The topological polar surface area (TPSA) is 50.9 Å². The maximum absolute atomic E-state index is 5.63. The summed E-state index contributed by atoms with van der Waals surface area (Å²) in [5, 5.41) is 0. The number of nitrogens with one attached hydrogen (secondary N) is 1. The van der Waals surface area contributed by atoms with E-state index in [4.69, 9.17) is 5.84 Å². The zero-order valence-electron chi connectivity index (χ0n) is 10.0. The van der Waals surface area contributed by atoms with Crippen LogP contribution in [0.5, 0.6) is 0 Å². The standard InChI is InChI=1S/C14H16BrN3/c15-13-3-1-2-12(8-13)10-14(18-16)9-11-4-6-17-7-5-11/h1-8,14,18H,9-10,16H2. The molecule has 1 unspecified atom stereocenters. The number of hydrogen-bond donors (Lipinski definition) is 2. The molecule has 2 rings (SSSR count). The van der Waals surface area contributed by atoms with Gasteiger partial charge in [0.1, 0.15) is 0 Å². The zero-order chi connectivity index (χ0) is 12.8. The molecule has 0 aliphatic carbocycles. The van der Waals surface area contributed by atoms with Gasteiger partial charge in [0.05, 0.1) is 0 Å². The van der Waals surface area contributed by atoms with E-state index in [0.717, 1.165) is 17.3 Å². The minimum Gasteiger partial charge on any atom is -0.271 e. The van der Waals surface area contributed by atoms with E-state index >= 15 is 0 Å². The largest absolute Gasteiger partial charge is 0.271 e. The first-order chi connectivity index (χ1) is 8.78. The van der Waals surface area contributed by atoms with Crippen molar-refractivity contribution in [2.75, 3.05) is 0 Å². The number of aromatic nitrogens is 1. The summed E-state index contributed by atoms with van der Waals surface area (Å²) < 4.78 is 1.10. The molecule has 2 aromatic rings. The number of hydrazine groups is 1. The van der Waals surface area contributed by atoms with Crippen molar-refractivity contribution in [1.29, 1.82) is 0 Å². The molecule has 1 atom stereocenters. The Labute approximate surface area is 116 Å². The zero-order valence-corrected chi connectivity index (χ0v) is 11.6. The smallest absolute Gasteiger partial charge is 0.0291 e. The fourth-order valence-corrected chi connectivity index (χ4v) is 2.39. The second kappa shape index (κ2) is 6.64. The molecule has 0 spiro atoms. The third-order valence-corrected chi connectivity index (χ3v) is 3.33. The number of hydrogen-bond acceptors (Lipinski definition) is 3. The van der Waals surface area contributed by atoms with Gasteiger partial charge in [0, 0.05) is 22.9 Å². The lowest BCUT2D eigenvalue weighted by Gasteiger charge is -2.16. The molecule has 0 fully saturated rings. The van der Waals surface area contributed by atoms with Gasteiger partial charge < -0.3 is 0 Å². The summed E-state index contributed by atoms with van der Waals surface area (Å²) in [6.45, 7) is 0. The van der Waals surface area contributed by atoms with E-state index in [0.29, 0.717) is 0 Å². The van der Waals surface area contributed by atoms with E-state index in [-0.39, 0.29) is 6.04 Å². The van der Waals surface area contributed by atoms with Gasteiger partial charge in [-0.05, 0) is 48.2 Å². The van der Waals surface area contributed by atoms with Crippen LogP contribution in [0.1, 0.15) is 11.1 Å². The molecule has 0 amide bonds. The van der Waals surface area contributed by atoms with E-state index < -0.39 is 0 Å². The number of benzene rings is 1. The minimum atomic E-state index is 0.224. The molecule has 3 nitrogen and oxygen atoms in total. The third kappa shape index (κ3) is 3.91. The Bertz CT molecular complexity index is 487. The number of rotatable bonds is 5. The number of halogens is 1. The summed E-state index contributed by atoms with van der Waals surface area (Å²) in [4.78, 5) is 4.02. The van der Waals surface area contributed by atoms with Gasteiger partial charge in [0.2, 0.25) is 0 Å². The van der Waals surface area contributed by atoms with Crippen molar-refractivity contribution in [1.82, 2.24) is 10.4 Å². The van der Waals surface area contributed by atoms with Gasteiger partial charge in [-0.15, -0.1) is 0 Å². The Kier molecular flexibility index (Phi) is 4.87. The van der Waals surface area contributed by atoms with Gasteiger partial charge in [0.15, 0.2) is 0 Å². The average molecular weight is 306 g/mol. The molecule has 0 saturated carbocycles. The molecule has 1 aromatic heterocycles. The average Bonchev–Trinajstić information content (AvgIpc) is 2.39. The minimum absolute atomic E-state index is 0.224. The highest BCUT2D eigenvalue weighted by atomic mass is 79.9. The van der Waals surface area contributed by atoms with Crippen molar-refractivity contribution in [3.63, 3.8) is 0 Å². The highest BCUT2D eigenvalue weighted by molar-refractivity contribution is 9.10. The summed E-state index contributed by atoms with van der Waals surface area (Å²) in [6, 6.07) is 12.6. The van der Waals surface area contributed by atoms with E-state index in [1.54, 1.807) is 0 Å². The molecular formula is C14H16BrN3. The lowest BCUT2D eigenvalue weighted by Crippen LogP contribution is -2.38. The van der Waals surface area contributed by atoms with E-state index in [1.165, 1.54) is 11.1 Å². The SMILES string of the molecule is NNC(Cc1ccncc1)Cc1cccc(Br)c1. The Morgan fingerprint density at radius 3 is 2.50 bits per heavy atom.